The zero-order valence-corrected chi connectivity index (χ0v) is 17.5. The molecule has 0 unspecified atom stereocenters. The molecule has 3 aromatic rings. The summed E-state index contributed by atoms with van der Waals surface area (Å²) >= 11 is 2.88. The van der Waals surface area contributed by atoms with Crippen LogP contribution in [0.4, 0.5) is 0 Å². The lowest BCUT2D eigenvalue weighted by Crippen LogP contribution is -2.27. The van der Waals surface area contributed by atoms with Crippen molar-refractivity contribution in [2.24, 2.45) is 7.05 Å². The molecule has 2 heterocycles. The van der Waals surface area contributed by atoms with Crippen LogP contribution < -0.4 is 0 Å². The average Bonchev–Trinajstić information content (AvgIpc) is 3.23. The molecule has 0 spiro atoms. The van der Waals surface area contributed by atoms with E-state index in [9.17, 15) is 9.59 Å². The molecule has 0 aliphatic heterocycles. The van der Waals surface area contributed by atoms with E-state index >= 15 is 0 Å². The molecule has 0 fully saturated rings. The van der Waals surface area contributed by atoms with Crippen LogP contribution in [-0.4, -0.2) is 55.9 Å². The van der Waals surface area contributed by atoms with Gasteiger partial charge in [-0.3, -0.25) is 9.59 Å². The lowest BCUT2D eigenvalue weighted by molar-refractivity contribution is -0.142. The van der Waals surface area contributed by atoms with Crippen LogP contribution in [0.2, 0.25) is 0 Å². The van der Waals surface area contributed by atoms with Gasteiger partial charge in [-0.25, -0.2) is 4.98 Å². The van der Waals surface area contributed by atoms with Crippen LogP contribution in [0.25, 0.3) is 10.2 Å². The Bertz CT molecular complexity index is 952. The van der Waals surface area contributed by atoms with Crippen molar-refractivity contribution in [3.8, 4) is 0 Å². The number of hydrogen-bond donors (Lipinski definition) is 0. The molecule has 148 valence electrons. The number of esters is 1. The Kier molecular flexibility index (Phi) is 6.63. The van der Waals surface area contributed by atoms with Crippen molar-refractivity contribution in [3.63, 3.8) is 0 Å². The van der Waals surface area contributed by atoms with Crippen LogP contribution in [0.5, 0.6) is 0 Å². The second-order valence-corrected chi connectivity index (χ2v) is 8.11. The smallest absolute Gasteiger partial charge is 0.313 e. The van der Waals surface area contributed by atoms with Gasteiger partial charge in [0.05, 0.1) is 29.1 Å². The zero-order chi connectivity index (χ0) is 20.1. The number of nitrogens with zero attached hydrogens (tertiary/aromatic N) is 5. The molecular formula is C18H21N5O3S2. The summed E-state index contributed by atoms with van der Waals surface area (Å²) < 4.78 is 7.75. The van der Waals surface area contributed by atoms with Crippen LogP contribution in [0.3, 0.4) is 0 Å². The Balaban J connectivity index is 1.54. The molecule has 3 rings (SSSR count). The normalized spacial score (nSPS) is 11.0. The van der Waals surface area contributed by atoms with Crippen LogP contribution in [0, 0.1) is 0 Å². The van der Waals surface area contributed by atoms with Crippen LogP contribution in [0.15, 0.2) is 29.4 Å². The number of para-hydroxylation sites is 1. The average molecular weight is 420 g/mol. The molecule has 0 aliphatic carbocycles. The Morgan fingerprint density at radius 2 is 2.07 bits per heavy atom. The van der Waals surface area contributed by atoms with Crippen molar-refractivity contribution in [1.82, 2.24) is 24.6 Å². The predicted molar refractivity (Wildman–Crippen MR) is 108 cm³/mol. The number of thioether (sulfide) groups is 1. The summed E-state index contributed by atoms with van der Waals surface area (Å²) in [7, 11) is 3.53. The Labute approximate surface area is 170 Å². The highest BCUT2D eigenvalue weighted by Gasteiger charge is 2.17. The van der Waals surface area contributed by atoms with E-state index < -0.39 is 0 Å². The summed E-state index contributed by atoms with van der Waals surface area (Å²) in [5, 5.41) is 9.56. The maximum Gasteiger partial charge on any atom is 0.313 e. The maximum atomic E-state index is 12.5. The first kappa shape index (κ1) is 20.3. The molecule has 0 atom stereocenters. The van der Waals surface area contributed by atoms with Crippen molar-refractivity contribution >= 4 is 45.2 Å². The maximum absolute atomic E-state index is 12.5. The summed E-state index contributed by atoms with van der Waals surface area (Å²) in [6, 6.07) is 7.92. The largest absolute Gasteiger partial charge is 0.466 e. The molecule has 0 saturated carbocycles. The van der Waals surface area contributed by atoms with Crippen molar-refractivity contribution in [2.45, 2.75) is 25.0 Å². The molecule has 2 aromatic heterocycles. The van der Waals surface area contributed by atoms with E-state index in [1.165, 1.54) is 11.8 Å². The molecule has 8 nitrogen and oxygen atoms in total. The molecule has 0 aliphatic rings. The second kappa shape index (κ2) is 9.16. The summed E-state index contributed by atoms with van der Waals surface area (Å²) in [4.78, 5) is 30.3. The van der Waals surface area contributed by atoms with Crippen LogP contribution in [0.1, 0.15) is 17.8 Å². The number of aromatic nitrogens is 4. The van der Waals surface area contributed by atoms with Crippen LogP contribution >= 0.6 is 23.1 Å². The highest BCUT2D eigenvalue weighted by molar-refractivity contribution is 7.99. The van der Waals surface area contributed by atoms with Gasteiger partial charge in [0, 0.05) is 14.1 Å². The number of fused-ring (bicyclic) bond motifs is 1. The highest BCUT2D eigenvalue weighted by atomic mass is 32.2. The number of carbonyl (C=O) groups excluding carboxylic acids is 2. The van der Waals surface area contributed by atoms with Gasteiger partial charge < -0.3 is 14.2 Å². The lowest BCUT2D eigenvalue weighted by Gasteiger charge is -2.15. The van der Waals surface area contributed by atoms with Crippen molar-refractivity contribution in [2.75, 3.05) is 19.4 Å². The third kappa shape index (κ3) is 4.87. The molecule has 0 radical (unpaired) electrons. The fourth-order valence-electron chi connectivity index (χ4n) is 2.48. The number of amides is 1. The highest BCUT2D eigenvalue weighted by Crippen LogP contribution is 2.23. The molecule has 1 aromatic carbocycles. The monoisotopic (exact) mass is 419 g/mol. The number of carbonyl (C=O) groups is 2. The van der Waals surface area contributed by atoms with E-state index in [1.54, 1.807) is 41.8 Å². The minimum Gasteiger partial charge on any atom is -0.466 e. The van der Waals surface area contributed by atoms with Gasteiger partial charge in [0.2, 0.25) is 5.91 Å². The fourth-order valence-corrected chi connectivity index (χ4v) is 4.37. The number of hydrogen-bond acceptors (Lipinski definition) is 8. The first-order valence-corrected chi connectivity index (χ1v) is 10.5. The molecule has 0 saturated heterocycles. The van der Waals surface area contributed by atoms with Gasteiger partial charge >= 0.3 is 5.97 Å². The molecular weight excluding hydrogens is 398 g/mol. The number of rotatable bonds is 8. The Morgan fingerprint density at radius 3 is 2.82 bits per heavy atom. The third-order valence-corrected chi connectivity index (χ3v) is 6.02. The summed E-state index contributed by atoms with van der Waals surface area (Å²) in [6.45, 7) is 2.55. The first-order chi connectivity index (χ1) is 13.5. The standard InChI is InChI=1S/C18H21N5O3S2/c1-4-26-17(25)9-14-20-21-18(23(14)3)27-11-16(24)22(2)10-15-19-12-7-5-6-8-13(12)28-15/h5-8H,4,9-11H2,1-3H3. The zero-order valence-electron chi connectivity index (χ0n) is 15.9. The summed E-state index contributed by atoms with van der Waals surface area (Å²) in [5.41, 5.74) is 0.950. The number of benzene rings is 1. The van der Waals surface area contributed by atoms with E-state index in [1.807, 2.05) is 24.3 Å². The first-order valence-electron chi connectivity index (χ1n) is 8.73. The third-order valence-electron chi connectivity index (χ3n) is 3.99. The van der Waals surface area contributed by atoms with Gasteiger partial charge in [-0.2, -0.15) is 0 Å². The van der Waals surface area contributed by atoms with Crippen molar-refractivity contribution in [1.29, 1.82) is 0 Å². The predicted octanol–water partition coefficient (Wildman–Crippen LogP) is 2.28. The van der Waals surface area contributed by atoms with E-state index in [4.69, 9.17) is 4.74 Å². The number of thiazole rings is 1. The molecule has 0 N–H and O–H groups in total. The molecule has 0 bridgehead atoms. The summed E-state index contributed by atoms with van der Waals surface area (Å²) in [6.07, 6.45) is 0.0589. The van der Waals surface area contributed by atoms with E-state index in [0.29, 0.717) is 24.1 Å². The second-order valence-electron chi connectivity index (χ2n) is 6.05. The van der Waals surface area contributed by atoms with Gasteiger partial charge in [0.15, 0.2) is 5.16 Å². The SMILES string of the molecule is CCOC(=O)Cc1nnc(SCC(=O)N(C)Cc2nc3ccccc3s2)n1C. The molecule has 10 heteroatoms. The Morgan fingerprint density at radius 1 is 1.29 bits per heavy atom. The van der Waals surface area contributed by atoms with E-state index in [-0.39, 0.29) is 24.1 Å². The lowest BCUT2D eigenvalue weighted by atomic mass is 10.3. The minimum absolute atomic E-state index is 0.0285. The number of ether oxygens (including phenoxy) is 1. The quantitative estimate of drug-likeness (QED) is 0.409. The van der Waals surface area contributed by atoms with E-state index in [2.05, 4.69) is 15.2 Å². The van der Waals surface area contributed by atoms with Crippen molar-refractivity contribution < 1.29 is 14.3 Å². The van der Waals surface area contributed by atoms with Gasteiger partial charge in [-0.1, -0.05) is 23.9 Å². The van der Waals surface area contributed by atoms with Gasteiger partial charge in [-0.05, 0) is 19.1 Å². The minimum atomic E-state index is -0.346. The fraction of sp³-hybridized carbons (Fsp3) is 0.389. The molecule has 28 heavy (non-hydrogen) atoms. The topological polar surface area (TPSA) is 90.2 Å². The van der Waals surface area contributed by atoms with Gasteiger partial charge in [0.1, 0.15) is 17.3 Å². The van der Waals surface area contributed by atoms with Gasteiger partial charge in [0.25, 0.3) is 0 Å². The Hall–Kier alpha value is -2.46. The van der Waals surface area contributed by atoms with Gasteiger partial charge in [-0.15, -0.1) is 21.5 Å². The van der Waals surface area contributed by atoms with Crippen molar-refractivity contribution in [3.05, 3.63) is 35.1 Å². The van der Waals surface area contributed by atoms with Crippen LogP contribution in [-0.2, 0) is 34.3 Å². The van der Waals surface area contributed by atoms with E-state index in [0.717, 1.165) is 15.2 Å². The summed E-state index contributed by atoms with van der Waals surface area (Å²) in [5.74, 6) is 0.365. The molecule has 1 amide bonds.